The highest BCUT2D eigenvalue weighted by atomic mass is 35.5. The summed E-state index contributed by atoms with van der Waals surface area (Å²) in [5, 5.41) is 0.685. The first kappa shape index (κ1) is 11.9. The lowest BCUT2D eigenvalue weighted by atomic mass is 10.2. The monoisotopic (exact) mass is 243 g/mol. The number of hydrogen-bond acceptors (Lipinski definition) is 3. The van der Waals surface area contributed by atoms with Crippen molar-refractivity contribution in [2.24, 2.45) is 7.05 Å². The summed E-state index contributed by atoms with van der Waals surface area (Å²) in [5.41, 5.74) is 0. The van der Waals surface area contributed by atoms with Gasteiger partial charge in [0.1, 0.15) is 11.0 Å². The topological polar surface area (TPSA) is 30.3 Å². The number of ether oxygens (including phenoxy) is 1. The van der Waals surface area contributed by atoms with Gasteiger partial charge in [-0.25, -0.2) is 4.98 Å². The van der Waals surface area contributed by atoms with Crippen molar-refractivity contribution >= 4 is 11.6 Å². The Morgan fingerprint density at radius 3 is 2.56 bits per heavy atom. The largest absolute Gasteiger partial charge is 0.373 e. The molecule has 5 heteroatoms. The van der Waals surface area contributed by atoms with E-state index in [0.717, 1.165) is 25.5 Å². The smallest absolute Gasteiger partial charge is 0.128 e. The fourth-order valence-corrected chi connectivity index (χ4v) is 2.33. The molecule has 0 aromatic carbocycles. The molecular weight excluding hydrogens is 226 g/mol. The van der Waals surface area contributed by atoms with Gasteiger partial charge in [-0.05, 0) is 13.8 Å². The maximum atomic E-state index is 5.96. The first-order valence-electron chi connectivity index (χ1n) is 5.60. The standard InChI is InChI=1S/C11H18ClN3O/c1-8-5-15(6-9(2)16-8)7-11-13-4-10(12)14(11)3/h4,8-9H,5-7H2,1-3H3. The van der Waals surface area contributed by atoms with Crippen molar-refractivity contribution in [1.29, 1.82) is 0 Å². The molecule has 2 atom stereocenters. The lowest BCUT2D eigenvalue weighted by molar-refractivity contribution is -0.0712. The summed E-state index contributed by atoms with van der Waals surface area (Å²) in [7, 11) is 1.94. The minimum Gasteiger partial charge on any atom is -0.373 e. The predicted molar refractivity (Wildman–Crippen MR) is 63.5 cm³/mol. The minimum atomic E-state index is 0.291. The molecule has 16 heavy (non-hydrogen) atoms. The predicted octanol–water partition coefficient (Wildman–Crippen LogP) is 1.68. The summed E-state index contributed by atoms with van der Waals surface area (Å²) in [6.45, 7) is 6.95. The molecule has 0 saturated carbocycles. The van der Waals surface area contributed by atoms with Gasteiger partial charge in [-0.3, -0.25) is 4.90 Å². The van der Waals surface area contributed by atoms with E-state index >= 15 is 0 Å². The van der Waals surface area contributed by atoms with Gasteiger partial charge in [-0.15, -0.1) is 0 Å². The highest BCUT2D eigenvalue weighted by molar-refractivity contribution is 6.29. The molecule has 0 spiro atoms. The quantitative estimate of drug-likeness (QED) is 0.792. The Balaban J connectivity index is 2.01. The van der Waals surface area contributed by atoms with Gasteiger partial charge < -0.3 is 9.30 Å². The van der Waals surface area contributed by atoms with E-state index in [1.165, 1.54) is 0 Å². The molecule has 0 amide bonds. The summed E-state index contributed by atoms with van der Waals surface area (Å²) in [4.78, 5) is 6.67. The van der Waals surface area contributed by atoms with E-state index in [2.05, 4.69) is 23.7 Å². The zero-order valence-corrected chi connectivity index (χ0v) is 10.7. The summed E-state index contributed by atoms with van der Waals surface area (Å²) >= 11 is 5.96. The van der Waals surface area contributed by atoms with E-state index in [0.29, 0.717) is 17.4 Å². The van der Waals surface area contributed by atoms with Gasteiger partial charge in [0.2, 0.25) is 0 Å². The molecule has 0 bridgehead atoms. The van der Waals surface area contributed by atoms with E-state index in [9.17, 15) is 0 Å². The van der Waals surface area contributed by atoms with Crippen molar-refractivity contribution in [2.45, 2.75) is 32.6 Å². The Morgan fingerprint density at radius 1 is 1.44 bits per heavy atom. The van der Waals surface area contributed by atoms with Gasteiger partial charge in [-0.2, -0.15) is 0 Å². The van der Waals surface area contributed by atoms with Crippen LogP contribution in [0.15, 0.2) is 6.20 Å². The summed E-state index contributed by atoms with van der Waals surface area (Å²) < 4.78 is 7.62. The first-order valence-corrected chi connectivity index (χ1v) is 5.98. The molecule has 2 unspecified atom stereocenters. The van der Waals surface area contributed by atoms with Crippen molar-refractivity contribution in [3.05, 3.63) is 17.2 Å². The molecule has 4 nitrogen and oxygen atoms in total. The highest BCUT2D eigenvalue weighted by Crippen LogP contribution is 2.15. The highest BCUT2D eigenvalue weighted by Gasteiger charge is 2.23. The maximum absolute atomic E-state index is 5.96. The Kier molecular flexibility index (Phi) is 3.52. The van der Waals surface area contributed by atoms with Gasteiger partial charge in [0.25, 0.3) is 0 Å². The van der Waals surface area contributed by atoms with E-state index in [1.807, 2.05) is 11.6 Å². The van der Waals surface area contributed by atoms with Crippen LogP contribution < -0.4 is 0 Å². The van der Waals surface area contributed by atoms with Gasteiger partial charge in [0.15, 0.2) is 0 Å². The maximum Gasteiger partial charge on any atom is 0.128 e. The van der Waals surface area contributed by atoms with Crippen LogP contribution in [-0.2, 0) is 18.3 Å². The number of hydrogen-bond donors (Lipinski definition) is 0. The molecule has 2 heterocycles. The first-order chi connectivity index (χ1) is 7.56. The minimum absolute atomic E-state index is 0.291. The van der Waals surface area contributed by atoms with Crippen LogP contribution in [0.1, 0.15) is 19.7 Å². The SMILES string of the molecule is CC1CN(Cc2ncc(Cl)n2C)CC(C)O1. The number of imidazole rings is 1. The molecule has 0 radical (unpaired) electrons. The van der Waals surface area contributed by atoms with Crippen molar-refractivity contribution in [1.82, 2.24) is 14.5 Å². The normalized spacial score (nSPS) is 27.2. The number of aromatic nitrogens is 2. The van der Waals surface area contributed by atoms with Crippen LogP contribution in [0.4, 0.5) is 0 Å². The number of morpholine rings is 1. The summed E-state index contributed by atoms with van der Waals surface area (Å²) in [6, 6.07) is 0. The zero-order chi connectivity index (χ0) is 11.7. The number of rotatable bonds is 2. The van der Waals surface area contributed by atoms with Gasteiger partial charge in [0.05, 0.1) is 24.9 Å². The zero-order valence-electron chi connectivity index (χ0n) is 9.98. The Morgan fingerprint density at radius 2 is 2.06 bits per heavy atom. The van der Waals surface area contributed by atoms with Crippen molar-refractivity contribution in [2.75, 3.05) is 13.1 Å². The third-order valence-electron chi connectivity index (χ3n) is 2.89. The molecule has 1 aromatic heterocycles. The molecule has 1 fully saturated rings. The average Bonchev–Trinajstić information content (AvgIpc) is 2.48. The van der Waals surface area contributed by atoms with Gasteiger partial charge >= 0.3 is 0 Å². The molecule has 1 saturated heterocycles. The van der Waals surface area contributed by atoms with E-state index in [1.54, 1.807) is 6.20 Å². The molecule has 1 aromatic rings. The van der Waals surface area contributed by atoms with E-state index < -0.39 is 0 Å². The van der Waals surface area contributed by atoms with E-state index in [4.69, 9.17) is 16.3 Å². The fraction of sp³-hybridized carbons (Fsp3) is 0.727. The van der Waals surface area contributed by atoms with Crippen LogP contribution in [0.3, 0.4) is 0 Å². The molecular formula is C11H18ClN3O. The summed E-state index contributed by atoms with van der Waals surface area (Å²) in [5.74, 6) is 1.01. The second kappa shape index (κ2) is 4.73. The van der Waals surface area contributed by atoms with Crippen LogP contribution in [-0.4, -0.2) is 39.7 Å². The van der Waals surface area contributed by atoms with Crippen molar-refractivity contribution < 1.29 is 4.74 Å². The molecule has 90 valence electrons. The molecule has 1 aliphatic heterocycles. The second-order valence-electron chi connectivity index (χ2n) is 4.51. The third kappa shape index (κ3) is 2.56. The van der Waals surface area contributed by atoms with Crippen LogP contribution in [0, 0.1) is 0 Å². The third-order valence-corrected chi connectivity index (χ3v) is 3.24. The Hall–Kier alpha value is -0.580. The van der Waals surface area contributed by atoms with Crippen molar-refractivity contribution in [3.63, 3.8) is 0 Å². The molecule has 0 N–H and O–H groups in total. The number of nitrogens with zero attached hydrogens (tertiary/aromatic N) is 3. The summed E-state index contributed by atoms with van der Waals surface area (Å²) in [6.07, 6.45) is 2.28. The van der Waals surface area contributed by atoms with Crippen LogP contribution in [0.2, 0.25) is 5.15 Å². The van der Waals surface area contributed by atoms with Gasteiger partial charge in [-0.1, -0.05) is 11.6 Å². The van der Waals surface area contributed by atoms with Crippen LogP contribution >= 0.6 is 11.6 Å². The molecule has 2 rings (SSSR count). The average molecular weight is 244 g/mol. The van der Waals surface area contributed by atoms with Crippen LogP contribution in [0.5, 0.6) is 0 Å². The van der Waals surface area contributed by atoms with Crippen LogP contribution in [0.25, 0.3) is 0 Å². The van der Waals surface area contributed by atoms with Gasteiger partial charge in [0, 0.05) is 20.1 Å². The molecule has 1 aliphatic rings. The fourth-order valence-electron chi connectivity index (χ4n) is 2.18. The van der Waals surface area contributed by atoms with E-state index in [-0.39, 0.29) is 0 Å². The van der Waals surface area contributed by atoms with Crippen molar-refractivity contribution in [3.8, 4) is 0 Å². The lowest BCUT2D eigenvalue weighted by Gasteiger charge is -2.34. The molecule has 0 aliphatic carbocycles. The number of halogens is 1. The lowest BCUT2D eigenvalue weighted by Crippen LogP contribution is -2.45. The Bertz CT molecular complexity index is 356. The second-order valence-corrected chi connectivity index (χ2v) is 4.89. The Labute approximate surface area is 101 Å².